The van der Waals surface area contributed by atoms with Crippen molar-refractivity contribution >= 4 is 11.3 Å². The summed E-state index contributed by atoms with van der Waals surface area (Å²) in [5.41, 5.74) is 7.03. The lowest BCUT2D eigenvalue weighted by Gasteiger charge is -2.10. The van der Waals surface area contributed by atoms with Gasteiger partial charge in [-0.2, -0.15) is 0 Å². The van der Waals surface area contributed by atoms with Crippen molar-refractivity contribution in [1.29, 1.82) is 0 Å². The lowest BCUT2D eigenvalue weighted by molar-refractivity contribution is 0.485. The molecule has 0 amide bonds. The molecule has 1 aromatic rings. The number of aromatic nitrogens is 1. The Labute approximate surface area is 101 Å². The average Bonchev–Trinajstić information content (AvgIpc) is 2.83. The summed E-state index contributed by atoms with van der Waals surface area (Å²) >= 11 is 1.76. The molecule has 0 bridgehead atoms. The molecule has 1 fully saturated rings. The first-order valence-electron chi connectivity index (χ1n) is 6.11. The molecule has 1 aliphatic carbocycles. The van der Waals surface area contributed by atoms with Crippen molar-refractivity contribution in [3.05, 3.63) is 16.1 Å². The third kappa shape index (κ3) is 3.54. The van der Waals surface area contributed by atoms with Crippen LogP contribution in [0.3, 0.4) is 0 Å². The molecule has 0 radical (unpaired) electrons. The van der Waals surface area contributed by atoms with Gasteiger partial charge in [0.15, 0.2) is 0 Å². The van der Waals surface area contributed by atoms with Gasteiger partial charge in [-0.05, 0) is 38.6 Å². The number of hydrogen-bond donors (Lipinski definition) is 2. The molecule has 0 spiro atoms. The zero-order valence-electron chi connectivity index (χ0n) is 9.91. The van der Waals surface area contributed by atoms with Crippen molar-refractivity contribution < 1.29 is 0 Å². The summed E-state index contributed by atoms with van der Waals surface area (Å²) in [6.07, 6.45) is 4.75. The highest BCUT2D eigenvalue weighted by molar-refractivity contribution is 7.09. The van der Waals surface area contributed by atoms with E-state index in [0.717, 1.165) is 31.1 Å². The number of nitrogens with one attached hydrogen (secondary N) is 1. The molecular weight excluding hydrogens is 218 g/mol. The standard InChI is InChI=1S/C12H21N3S/c1-9-8-16-12(15-9)4-5-14-7-10-2-3-11(13)6-10/h8,10-11,14H,2-7,13H2,1H3. The molecule has 1 heterocycles. The zero-order valence-corrected chi connectivity index (χ0v) is 10.7. The minimum absolute atomic E-state index is 0.452. The molecule has 3 N–H and O–H groups in total. The van der Waals surface area contributed by atoms with E-state index in [2.05, 4.69) is 15.7 Å². The second-order valence-electron chi connectivity index (χ2n) is 4.78. The fraction of sp³-hybridized carbons (Fsp3) is 0.750. The van der Waals surface area contributed by atoms with Crippen LogP contribution in [0.15, 0.2) is 5.38 Å². The van der Waals surface area contributed by atoms with Crippen LogP contribution < -0.4 is 11.1 Å². The van der Waals surface area contributed by atoms with Gasteiger partial charge in [-0.15, -0.1) is 11.3 Å². The van der Waals surface area contributed by atoms with E-state index in [1.165, 1.54) is 24.3 Å². The maximum absolute atomic E-state index is 5.89. The average molecular weight is 239 g/mol. The van der Waals surface area contributed by atoms with Gasteiger partial charge in [0, 0.05) is 30.1 Å². The quantitative estimate of drug-likeness (QED) is 0.769. The minimum Gasteiger partial charge on any atom is -0.328 e. The topological polar surface area (TPSA) is 50.9 Å². The van der Waals surface area contributed by atoms with Crippen LogP contribution in [0, 0.1) is 12.8 Å². The van der Waals surface area contributed by atoms with Crippen LogP contribution in [0.1, 0.15) is 30.0 Å². The first-order valence-corrected chi connectivity index (χ1v) is 6.99. The predicted octanol–water partition coefficient (Wildman–Crippen LogP) is 1.71. The molecule has 2 unspecified atom stereocenters. The van der Waals surface area contributed by atoms with Gasteiger partial charge in [-0.3, -0.25) is 0 Å². The molecule has 2 rings (SSSR count). The molecular formula is C12H21N3S. The number of aryl methyl sites for hydroxylation is 1. The molecule has 2 atom stereocenters. The van der Waals surface area contributed by atoms with E-state index in [-0.39, 0.29) is 0 Å². The molecule has 0 aliphatic heterocycles. The molecule has 1 aromatic heterocycles. The van der Waals surface area contributed by atoms with Gasteiger partial charge < -0.3 is 11.1 Å². The van der Waals surface area contributed by atoms with E-state index in [1.807, 2.05) is 6.92 Å². The second-order valence-corrected chi connectivity index (χ2v) is 5.72. The minimum atomic E-state index is 0.452. The summed E-state index contributed by atoms with van der Waals surface area (Å²) in [5, 5.41) is 6.88. The van der Waals surface area contributed by atoms with E-state index in [9.17, 15) is 0 Å². The summed E-state index contributed by atoms with van der Waals surface area (Å²) in [4.78, 5) is 4.45. The highest BCUT2D eigenvalue weighted by Crippen LogP contribution is 2.23. The number of nitrogens with two attached hydrogens (primary N) is 1. The molecule has 0 aromatic carbocycles. The fourth-order valence-corrected chi connectivity index (χ4v) is 3.09. The number of rotatable bonds is 5. The van der Waals surface area contributed by atoms with Gasteiger partial charge in [0.25, 0.3) is 0 Å². The van der Waals surface area contributed by atoms with Crippen LogP contribution in [0.5, 0.6) is 0 Å². The lowest BCUT2D eigenvalue weighted by atomic mass is 10.1. The summed E-state index contributed by atoms with van der Waals surface area (Å²) < 4.78 is 0. The van der Waals surface area contributed by atoms with Gasteiger partial charge in [0.2, 0.25) is 0 Å². The van der Waals surface area contributed by atoms with Crippen molar-refractivity contribution in [2.24, 2.45) is 11.7 Å². The molecule has 0 saturated heterocycles. The Balaban J connectivity index is 1.58. The Bertz CT molecular complexity index is 324. The monoisotopic (exact) mass is 239 g/mol. The zero-order chi connectivity index (χ0) is 11.4. The first-order chi connectivity index (χ1) is 7.74. The summed E-state index contributed by atoms with van der Waals surface area (Å²) in [6.45, 7) is 4.21. The Morgan fingerprint density at radius 3 is 3.06 bits per heavy atom. The van der Waals surface area contributed by atoms with E-state index in [0.29, 0.717) is 6.04 Å². The number of thiazole rings is 1. The maximum atomic E-state index is 5.89. The Morgan fingerprint density at radius 2 is 2.44 bits per heavy atom. The molecule has 1 aliphatic rings. The Hall–Kier alpha value is -0.450. The molecule has 4 heteroatoms. The van der Waals surface area contributed by atoms with E-state index in [1.54, 1.807) is 11.3 Å². The van der Waals surface area contributed by atoms with E-state index >= 15 is 0 Å². The fourth-order valence-electron chi connectivity index (χ4n) is 2.32. The van der Waals surface area contributed by atoms with Gasteiger partial charge in [-0.25, -0.2) is 4.98 Å². The molecule has 1 saturated carbocycles. The normalized spacial score (nSPS) is 25.1. The largest absolute Gasteiger partial charge is 0.328 e. The van der Waals surface area contributed by atoms with Crippen LogP contribution in [0.4, 0.5) is 0 Å². The molecule has 90 valence electrons. The molecule has 16 heavy (non-hydrogen) atoms. The van der Waals surface area contributed by atoms with Crippen molar-refractivity contribution in [3.63, 3.8) is 0 Å². The number of hydrogen-bond acceptors (Lipinski definition) is 4. The predicted molar refractivity (Wildman–Crippen MR) is 68.7 cm³/mol. The van der Waals surface area contributed by atoms with Crippen LogP contribution in [0.2, 0.25) is 0 Å². The lowest BCUT2D eigenvalue weighted by Crippen LogP contribution is -2.25. The van der Waals surface area contributed by atoms with Crippen LogP contribution in [0.25, 0.3) is 0 Å². The third-order valence-corrected chi connectivity index (χ3v) is 4.22. The summed E-state index contributed by atoms with van der Waals surface area (Å²) in [6, 6.07) is 0.452. The van der Waals surface area contributed by atoms with Crippen LogP contribution in [-0.4, -0.2) is 24.1 Å². The van der Waals surface area contributed by atoms with Gasteiger partial charge >= 0.3 is 0 Å². The Morgan fingerprint density at radius 1 is 1.56 bits per heavy atom. The van der Waals surface area contributed by atoms with E-state index in [4.69, 9.17) is 5.73 Å². The van der Waals surface area contributed by atoms with Crippen molar-refractivity contribution in [2.75, 3.05) is 13.1 Å². The third-order valence-electron chi connectivity index (χ3n) is 3.20. The second kappa shape index (κ2) is 5.75. The van der Waals surface area contributed by atoms with Gasteiger partial charge in [0.05, 0.1) is 5.01 Å². The van der Waals surface area contributed by atoms with E-state index < -0.39 is 0 Å². The van der Waals surface area contributed by atoms with Crippen molar-refractivity contribution in [2.45, 2.75) is 38.6 Å². The first kappa shape index (κ1) is 12.0. The van der Waals surface area contributed by atoms with Crippen molar-refractivity contribution in [1.82, 2.24) is 10.3 Å². The van der Waals surface area contributed by atoms with Gasteiger partial charge in [0.1, 0.15) is 0 Å². The number of nitrogens with zero attached hydrogens (tertiary/aromatic N) is 1. The summed E-state index contributed by atoms with van der Waals surface area (Å²) in [5.74, 6) is 0.799. The SMILES string of the molecule is Cc1csc(CCNCC2CCC(N)C2)n1. The highest BCUT2D eigenvalue weighted by atomic mass is 32.1. The smallest absolute Gasteiger partial charge is 0.0940 e. The van der Waals surface area contributed by atoms with Crippen LogP contribution in [-0.2, 0) is 6.42 Å². The maximum Gasteiger partial charge on any atom is 0.0940 e. The van der Waals surface area contributed by atoms with Crippen LogP contribution >= 0.6 is 11.3 Å². The van der Waals surface area contributed by atoms with Crippen molar-refractivity contribution in [3.8, 4) is 0 Å². The highest BCUT2D eigenvalue weighted by Gasteiger charge is 2.20. The Kier molecular flexibility index (Phi) is 4.32. The summed E-state index contributed by atoms with van der Waals surface area (Å²) in [7, 11) is 0. The van der Waals surface area contributed by atoms with Gasteiger partial charge in [-0.1, -0.05) is 0 Å². The molecule has 3 nitrogen and oxygen atoms in total.